The Kier molecular flexibility index (Phi) is 4.72. The van der Waals surface area contributed by atoms with E-state index in [0.29, 0.717) is 6.04 Å². The van der Waals surface area contributed by atoms with Crippen LogP contribution in [0.5, 0.6) is 0 Å². The fourth-order valence-electron chi connectivity index (χ4n) is 3.99. The number of nitrogens with one attached hydrogen (secondary N) is 1. The summed E-state index contributed by atoms with van der Waals surface area (Å²) in [5.74, 6) is 0.931. The van der Waals surface area contributed by atoms with E-state index < -0.39 is 0 Å². The number of hydrogen-bond acceptors (Lipinski definition) is 2. The number of anilines is 2. The van der Waals surface area contributed by atoms with E-state index in [-0.39, 0.29) is 0 Å². The van der Waals surface area contributed by atoms with Gasteiger partial charge in [0.25, 0.3) is 0 Å². The third-order valence-electron chi connectivity index (χ3n) is 5.40. The number of nitrogens with zero attached hydrogens (tertiary/aromatic N) is 1. The summed E-state index contributed by atoms with van der Waals surface area (Å²) in [6.07, 6.45) is 9.54. The topological polar surface area (TPSA) is 15.3 Å². The third-order valence-corrected chi connectivity index (χ3v) is 5.40. The van der Waals surface area contributed by atoms with Crippen LogP contribution in [0.15, 0.2) is 18.2 Å². The van der Waals surface area contributed by atoms with Crippen LogP contribution in [0.3, 0.4) is 0 Å². The maximum Gasteiger partial charge on any atom is 0.0373 e. The first-order chi connectivity index (χ1) is 10.3. The average molecular weight is 286 g/mol. The fraction of sp³-hybridized carbons (Fsp3) is 0.684. The zero-order chi connectivity index (χ0) is 14.7. The van der Waals surface area contributed by atoms with Gasteiger partial charge in [0.2, 0.25) is 0 Å². The molecule has 1 aliphatic heterocycles. The molecule has 2 heteroatoms. The molecule has 0 aromatic heterocycles. The monoisotopic (exact) mass is 286 g/mol. The van der Waals surface area contributed by atoms with Crippen LogP contribution in [0.1, 0.15) is 57.4 Å². The molecule has 2 fully saturated rings. The molecule has 0 amide bonds. The number of hydrogen-bond donors (Lipinski definition) is 1. The van der Waals surface area contributed by atoms with Crippen LogP contribution in [0.4, 0.5) is 11.4 Å². The fourth-order valence-corrected chi connectivity index (χ4v) is 3.99. The second kappa shape index (κ2) is 6.72. The van der Waals surface area contributed by atoms with Crippen LogP contribution >= 0.6 is 0 Å². The van der Waals surface area contributed by atoms with Gasteiger partial charge < -0.3 is 10.2 Å². The number of aryl methyl sites for hydroxylation is 1. The van der Waals surface area contributed by atoms with E-state index in [1.54, 1.807) is 0 Å². The van der Waals surface area contributed by atoms with Gasteiger partial charge in [0, 0.05) is 30.5 Å². The third kappa shape index (κ3) is 3.53. The van der Waals surface area contributed by atoms with E-state index in [4.69, 9.17) is 0 Å². The van der Waals surface area contributed by atoms with Gasteiger partial charge in [-0.05, 0) is 62.3 Å². The Morgan fingerprint density at radius 3 is 2.67 bits per heavy atom. The van der Waals surface area contributed by atoms with Crippen molar-refractivity contribution in [1.82, 2.24) is 0 Å². The second-order valence-electron chi connectivity index (χ2n) is 6.98. The standard InChI is InChI=1S/C19H30N2/c1-3-16-7-6-8-17(14-16)20-19-10-9-18(13-15(19)2)21-11-4-5-12-21/h9-10,13,16-17,20H,3-8,11-12,14H2,1-2H3. The molecule has 3 rings (SSSR count). The summed E-state index contributed by atoms with van der Waals surface area (Å²) in [6.45, 7) is 7.05. The van der Waals surface area contributed by atoms with Crippen molar-refractivity contribution < 1.29 is 0 Å². The van der Waals surface area contributed by atoms with Crippen molar-refractivity contribution in [2.24, 2.45) is 5.92 Å². The molecule has 1 saturated carbocycles. The van der Waals surface area contributed by atoms with Crippen molar-refractivity contribution in [3.63, 3.8) is 0 Å². The molecular weight excluding hydrogens is 256 g/mol. The Hall–Kier alpha value is -1.18. The van der Waals surface area contributed by atoms with Gasteiger partial charge in [-0.2, -0.15) is 0 Å². The van der Waals surface area contributed by atoms with Crippen molar-refractivity contribution in [3.05, 3.63) is 23.8 Å². The normalized spacial score (nSPS) is 26.1. The summed E-state index contributed by atoms with van der Waals surface area (Å²) < 4.78 is 0. The van der Waals surface area contributed by atoms with Gasteiger partial charge in [-0.15, -0.1) is 0 Å². The quantitative estimate of drug-likeness (QED) is 0.840. The van der Waals surface area contributed by atoms with E-state index in [9.17, 15) is 0 Å². The van der Waals surface area contributed by atoms with Crippen LogP contribution in [0.25, 0.3) is 0 Å². The molecule has 2 nitrogen and oxygen atoms in total. The van der Waals surface area contributed by atoms with Gasteiger partial charge >= 0.3 is 0 Å². The van der Waals surface area contributed by atoms with Crippen molar-refractivity contribution >= 4 is 11.4 Å². The molecule has 1 aromatic carbocycles. The van der Waals surface area contributed by atoms with E-state index in [1.165, 1.54) is 75.0 Å². The zero-order valence-corrected chi connectivity index (χ0v) is 13.7. The predicted octanol–water partition coefficient (Wildman–Crippen LogP) is 4.98. The largest absolute Gasteiger partial charge is 0.382 e. The van der Waals surface area contributed by atoms with Gasteiger partial charge in [0.1, 0.15) is 0 Å². The van der Waals surface area contributed by atoms with Crippen molar-refractivity contribution in [2.75, 3.05) is 23.3 Å². The van der Waals surface area contributed by atoms with E-state index in [0.717, 1.165) is 5.92 Å². The van der Waals surface area contributed by atoms with E-state index in [1.807, 2.05) is 0 Å². The summed E-state index contributed by atoms with van der Waals surface area (Å²) >= 11 is 0. The lowest BCUT2D eigenvalue weighted by atomic mass is 9.84. The highest BCUT2D eigenvalue weighted by Crippen LogP contribution is 2.31. The highest BCUT2D eigenvalue weighted by atomic mass is 15.1. The molecule has 0 bridgehead atoms. The Morgan fingerprint density at radius 1 is 1.14 bits per heavy atom. The minimum atomic E-state index is 0.681. The highest BCUT2D eigenvalue weighted by molar-refractivity contribution is 5.60. The molecule has 2 aliphatic rings. The van der Waals surface area contributed by atoms with Gasteiger partial charge in [-0.3, -0.25) is 0 Å². The molecule has 2 unspecified atom stereocenters. The first-order valence-corrected chi connectivity index (χ1v) is 8.88. The molecule has 1 aliphatic carbocycles. The minimum Gasteiger partial charge on any atom is -0.382 e. The molecule has 116 valence electrons. The zero-order valence-electron chi connectivity index (χ0n) is 13.7. The van der Waals surface area contributed by atoms with Crippen LogP contribution in [0, 0.1) is 12.8 Å². The maximum atomic E-state index is 3.81. The predicted molar refractivity (Wildman–Crippen MR) is 92.3 cm³/mol. The Morgan fingerprint density at radius 2 is 1.95 bits per heavy atom. The van der Waals surface area contributed by atoms with Crippen LogP contribution < -0.4 is 10.2 Å². The van der Waals surface area contributed by atoms with Crippen molar-refractivity contribution in [1.29, 1.82) is 0 Å². The van der Waals surface area contributed by atoms with Crippen LogP contribution in [-0.2, 0) is 0 Å². The van der Waals surface area contributed by atoms with E-state index in [2.05, 4.69) is 42.3 Å². The first-order valence-electron chi connectivity index (χ1n) is 8.88. The van der Waals surface area contributed by atoms with E-state index >= 15 is 0 Å². The van der Waals surface area contributed by atoms with Crippen molar-refractivity contribution in [3.8, 4) is 0 Å². The summed E-state index contributed by atoms with van der Waals surface area (Å²) in [5.41, 5.74) is 4.16. The molecule has 1 heterocycles. The SMILES string of the molecule is CCC1CCCC(Nc2ccc(N3CCCC3)cc2C)C1. The minimum absolute atomic E-state index is 0.681. The van der Waals surface area contributed by atoms with Gasteiger partial charge in [0.15, 0.2) is 0 Å². The Balaban J connectivity index is 1.65. The molecule has 21 heavy (non-hydrogen) atoms. The summed E-state index contributed by atoms with van der Waals surface area (Å²) in [4.78, 5) is 2.52. The van der Waals surface area contributed by atoms with Gasteiger partial charge in [-0.25, -0.2) is 0 Å². The molecule has 2 atom stereocenters. The first kappa shape index (κ1) is 14.7. The highest BCUT2D eigenvalue weighted by Gasteiger charge is 2.21. The van der Waals surface area contributed by atoms with Crippen LogP contribution in [0.2, 0.25) is 0 Å². The number of benzene rings is 1. The smallest absolute Gasteiger partial charge is 0.0373 e. The second-order valence-corrected chi connectivity index (χ2v) is 6.98. The maximum absolute atomic E-state index is 3.81. The van der Waals surface area contributed by atoms with Gasteiger partial charge in [0.05, 0.1) is 0 Å². The Bertz CT molecular complexity index is 463. The van der Waals surface area contributed by atoms with Crippen LogP contribution in [-0.4, -0.2) is 19.1 Å². The average Bonchev–Trinajstić information content (AvgIpc) is 3.04. The molecule has 1 saturated heterocycles. The Labute approximate surface area is 129 Å². The summed E-state index contributed by atoms with van der Waals surface area (Å²) in [5, 5.41) is 3.81. The molecule has 1 N–H and O–H groups in total. The molecule has 0 spiro atoms. The molecular formula is C19H30N2. The summed E-state index contributed by atoms with van der Waals surface area (Å²) in [6, 6.07) is 7.66. The number of rotatable bonds is 4. The molecule has 1 aromatic rings. The lowest BCUT2D eigenvalue weighted by molar-refractivity contribution is 0.327. The molecule has 0 radical (unpaired) electrons. The lowest BCUT2D eigenvalue weighted by Gasteiger charge is -2.30. The lowest BCUT2D eigenvalue weighted by Crippen LogP contribution is -2.27. The summed E-state index contributed by atoms with van der Waals surface area (Å²) in [7, 11) is 0. The van der Waals surface area contributed by atoms with Crippen molar-refractivity contribution in [2.45, 2.75) is 64.8 Å². The van der Waals surface area contributed by atoms with Gasteiger partial charge in [-0.1, -0.05) is 26.2 Å².